The van der Waals surface area contributed by atoms with Crippen molar-refractivity contribution in [3.05, 3.63) is 29.8 Å². The molecule has 0 aromatic heterocycles. The number of aliphatic hydroxyl groups excluding tert-OH is 1. The van der Waals surface area contributed by atoms with Crippen molar-refractivity contribution < 1.29 is 87.5 Å². The number of aromatic hydroxyl groups is 1. The van der Waals surface area contributed by atoms with Gasteiger partial charge in [-0.2, -0.15) is 0 Å². The zero-order chi connectivity index (χ0) is 83.4. The number of phenolic OH excluding ortho intramolecular Hbond substituents is 1. The molecule has 630 valence electrons. The predicted molar refractivity (Wildman–Crippen MR) is 416 cm³/mol. The number of aliphatic carboxylic acids is 2. The van der Waals surface area contributed by atoms with E-state index >= 15 is 0 Å². The Bertz CT molecular complexity index is 3100. The highest BCUT2D eigenvalue weighted by atomic mass is 16.4. The first kappa shape index (κ1) is 98.4. The van der Waals surface area contributed by atoms with Gasteiger partial charge < -0.3 is 112 Å². The maximum atomic E-state index is 14.9. The molecule has 1 heterocycles. The third-order valence-corrected chi connectivity index (χ3v) is 19.4. The smallest absolute Gasteiger partial charge is 0.328 e. The van der Waals surface area contributed by atoms with Gasteiger partial charge in [-0.3, -0.25) is 62.3 Å². The Morgan fingerprint density at radius 1 is 0.405 bits per heavy atom. The molecule has 12 amide bonds. The number of amides is 12. The third kappa shape index (κ3) is 37.5. The van der Waals surface area contributed by atoms with Gasteiger partial charge >= 0.3 is 11.9 Å². The second-order valence-electron chi connectivity index (χ2n) is 30.4. The van der Waals surface area contributed by atoms with E-state index in [4.69, 9.17) is 22.9 Å². The number of carboxylic acids is 2. The Labute approximate surface area is 653 Å². The molecule has 35 heteroatoms. The molecule has 0 bridgehead atoms. The van der Waals surface area contributed by atoms with E-state index in [0.717, 1.165) is 6.42 Å². The number of unbranched alkanes of at least 4 members (excludes halogenated alkanes) is 4. The van der Waals surface area contributed by atoms with Crippen LogP contribution in [0.1, 0.15) is 210 Å². The zero-order valence-corrected chi connectivity index (χ0v) is 66.8. The molecule has 15 atom stereocenters. The lowest BCUT2D eigenvalue weighted by Crippen LogP contribution is -2.62. The van der Waals surface area contributed by atoms with Crippen LogP contribution in [-0.2, 0) is 73.5 Å². The molecule has 35 nitrogen and oxygen atoms in total. The fourth-order valence-electron chi connectivity index (χ4n) is 12.5. The zero-order valence-electron chi connectivity index (χ0n) is 66.8. The Morgan fingerprint density at radius 2 is 0.712 bits per heavy atom. The summed E-state index contributed by atoms with van der Waals surface area (Å²) in [5, 5.41) is 74.1. The predicted octanol–water partition coefficient (Wildman–Crippen LogP) is -0.807. The van der Waals surface area contributed by atoms with Gasteiger partial charge in [-0.1, -0.05) is 94.2 Å². The summed E-state index contributed by atoms with van der Waals surface area (Å²) in [6.07, 6.45) is 4.04. The fraction of sp³-hybridized carbons (Fsp3) is 0.737. The Balaban J connectivity index is 2.57. The monoisotopic (exact) mass is 1570 g/mol. The summed E-state index contributed by atoms with van der Waals surface area (Å²) in [5.74, 6) is -14.2. The molecule has 1 fully saturated rings. The topological polar surface area (TPSA) is 580 Å². The van der Waals surface area contributed by atoms with Gasteiger partial charge in [0.15, 0.2) is 0 Å². The Morgan fingerprint density at radius 3 is 1.05 bits per heavy atom. The first-order chi connectivity index (χ1) is 52.6. The van der Waals surface area contributed by atoms with Crippen molar-refractivity contribution >= 4 is 82.8 Å². The van der Waals surface area contributed by atoms with Crippen molar-refractivity contribution in [1.82, 2.24) is 69.1 Å². The number of carbonyl (C=O) groups is 14. The van der Waals surface area contributed by atoms with Gasteiger partial charge in [0.05, 0.1) is 12.6 Å². The van der Waals surface area contributed by atoms with Crippen molar-refractivity contribution in [2.75, 3.05) is 39.3 Å². The van der Waals surface area contributed by atoms with E-state index in [0.29, 0.717) is 82.7 Å². The van der Waals surface area contributed by atoms with Crippen LogP contribution in [0.3, 0.4) is 0 Å². The summed E-state index contributed by atoms with van der Waals surface area (Å²) in [4.78, 5) is 196. The van der Waals surface area contributed by atoms with Crippen molar-refractivity contribution in [3.8, 4) is 5.75 Å². The highest BCUT2D eigenvalue weighted by Gasteiger charge is 2.40. The minimum absolute atomic E-state index is 0.000803. The first-order valence-corrected chi connectivity index (χ1v) is 39.6. The number of aliphatic hydroxyl groups is 1. The second-order valence-corrected chi connectivity index (χ2v) is 30.4. The number of hydrogen-bond donors (Lipinski definition) is 21. The maximum Gasteiger partial charge on any atom is 0.328 e. The lowest BCUT2D eigenvalue weighted by molar-refractivity contribution is -0.144. The van der Waals surface area contributed by atoms with E-state index in [1.54, 1.807) is 67.5 Å². The van der Waals surface area contributed by atoms with E-state index in [-0.39, 0.29) is 107 Å². The largest absolute Gasteiger partial charge is 0.508 e. The average Bonchev–Trinajstić information content (AvgIpc) is 1.62. The number of benzene rings is 1. The van der Waals surface area contributed by atoms with E-state index in [1.807, 2.05) is 13.8 Å². The number of phenols is 1. The number of rotatable bonds is 57. The molecule has 0 spiro atoms. The number of nitrogens with two attached hydrogens (primary N) is 4. The van der Waals surface area contributed by atoms with Crippen LogP contribution in [0.25, 0.3) is 0 Å². The fourth-order valence-corrected chi connectivity index (χ4v) is 12.5. The first-order valence-electron chi connectivity index (χ1n) is 39.6. The van der Waals surface area contributed by atoms with Crippen molar-refractivity contribution in [1.29, 1.82) is 0 Å². The normalized spacial score (nSPS) is 16.5. The second kappa shape index (κ2) is 53.3. The molecule has 25 N–H and O–H groups in total. The summed E-state index contributed by atoms with van der Waals surface area (Å²) in [7, 11) is 0. The molecule has 1 aliphatic heterocycles. The minimum atomic E-state index is -1.79. The van der Waals surface area contributed by atoms with Gasteiger partial charge in [0.1, 0.15) is 78.3 Å². The minimum Gasteiger partial charge on any atom is -0.508 e. The van der Waals surface area contributed by atoms with Crippen molar-refractivity contribution in [2.45, 2.75) is 289 Å². The molecule has 0 unspecified atom stereocenters. The van der Waals surface area contributed by atoms with Crippen LogP contribution in [-0.4, -0.2) is 221 Å². The van der Waals surface area contributed by atoms with Gasteiger partial charge in [0.2, 0.25) is 70.9 Å². The number of nitrogens with one attached hydrogen (secondary N) is 13. The van der Waals surface area contributed by atoms with Crippen LogP contribution in [0.15, 0.2) is 24.3 Å². The molecule has 0 aliphatic carbocycles. The summed E-state index contributed by atoms with van der Waals surface area (Å²) in [6, 6.07) is -11.0. The van der Waals surface area contributed by atoms with Crippen LogP contribution >= 0.6 is 0 Å². The van der Waals surface area contributed by atoms with Crippen LogP contribution in [0.2, 0.25) is 0 Å². The highest BCUT2D eigenvalue weighted by molar-refractivity contribution is 6.00. The quantitative estimate of drug-likeness (QED) is 0.0355. The van der Waals surface area contributed by atoms with E-state index < -0.39 is 187 Å². The van der Waals surface area contributed by atoms with Crippen LogP contribution < -0.4 is 92.1 Å². The molecule has 1 aromatic rings. The number of hydrogen-bond acceptors (Lipinski definition) is 21. The lowest BCUT2D eigenvalue weighted by atomic mass is 9.94. The van der Waals surface area contributed by atoms with E-state index in [9.17, 15) is 87.5 Å². The summed E-state index contributed by atoms with van der Waals surface area (Å²) < 4.78 is 0. The van der Waals surface area contributed by atoms with Gasteiger partial charge in [0.25, 0.3) is 0 Å². The highest BCUT2D eigenvalue weighted by Crippen LogP contribution is 2.19. The molecular formula is C76H133N17O18. The summed E-state index contributed by atoms with van der Waals surface area (Å²) in [6.45, 7) is 18.3. The standard InChI is InChI=1S/C76H133N17O18/c1-11-46(9)62(74(108)86-53(24-15-19-35-79)66(100)82-52(23-14-18-34-78)67(101)88-58(40-45(7)8)71(105)89-56(38-43(3)4)70(104)85-55(31-32-61(96)97)68(102)91-60(42-94)76(110)111)93-75(109)63(47(10)12-2)92-69(103)54(25-16-20-36-80)83-65(99)51(22-13-17-33-77)84-73(107)59(41-48-27-29-49(95)30-28-48)90-72(106)57(39-44(5)6)87-64(98)50-26-21-37-81-50/h27-30,43-47,50-60,62-63,81,94-95H,11-26,31-42,77-80H2,1-10H3,(H,82,100)(H,83,99)(H,84,107)(H,85,104)(H,86,108)(H,87,98)(H,88,101)(H,89,105)(H,90,106)(H,91,102)(H,92,103)(H,93,109)(H,96,97)(H,110,111)/t46-,47-,50-,51-,52-,53-,54-,55-,56-,57-,58-,59-,60-,62-,63-/m0/s1. The lowest BCUT2D eigenvalue weighted by Gasteiger charge is -2.31. The van der Waals surface area contributed by atoms with E-state index in [1.165, 1.54) is 12.1 Å². The summed E-state index contributed by atoms with van der Waals surface area (Å²) >= 11 is 0. The maximum absolute atomic E-state index is 14.9. The van der Waals surface area contributed by atoms with Gasteiger partial charge in [-0.05, 0) is 196 Å². The molecular weight excluding hydrogens is 1440 g/mol. The molecule has 0 saturated carbocycles. The SMILES string of the molecule is CC[C@H](C)[C@H](NC(=O)[C@H](CCCCN)NC(=O)[C@H](CCCCN)NC(=O)[C@H](Cc1ccc(O)cc1)NC(=O)[C@H](CC(C)C)NC(=O)[C@@H]1CCCN1)C(=O)N[C@H](C(=O)N[C@@H](CCCCN)C(=O)N[C@@H](CCCCN)C(=O)N[C@@H](CC(C)C)C(=O)N[C@@H](CC(C)C)C(=O)N[C@@H](CCC(=O)O)C(=O)N[C@@H](CO)C(=O)O)[C@@H](C)CC. The van der Waals surface area contributed by atoms with Crippen LogP contribution in [0.5, 0.6) is 5.75 Å². The number of carbonyl (C=O) groups excluding carboxylic acids is 12. The molecule has 2 rings (SSSR count). The molecule has 111 heavy (non-hydrogen) atoms. The Kier molecular flexibility index (Phi) is 47.3. The molecule has 1 saturated heterocycles. The van der Waals surface area contributed by atoms with Crippen molar-refractivity contribution in [2.24, 2.45) is 52.5 Å². The number of carboxylic acid groups (broad SMARTS) is 2. The van der Waals surface area contributed by atoms with E-state index in [2.05, 4.69) is 69.1 Å². The summed E-state index contributed by atoms with van der Waals surface area (Å²) in [5.41, 5.74) is 24.1. The Hall–Kier alpha value is -8.64. The van der Waals surface area contributed by atoms with Crippen LogP contribution in [0, 0.1) is 29.6 Å². The molecule has 0 radical (unpaired) electrons. The van der Waals surface area contributed by atoms with Gasteiger partial charge in [0, 0.05) is 12.8 Å². The molecule has 1 aromatic carbocycles. The van der Waals surface area contributed by atoms with Crippen molar-refractivity contribution in [3.63, 3.8) is 0 Å². The van der Waals surface area contributed by atoms with Gasteiger partial charge in [-0.15, -0.1) is 0 Å². The average molecular weight is 1570 g/mol. The molecule has 1 aliphatic rings. The van der Waals surface area contributed by atoms with Gasteiger partial charge in [-0.25, -0.2) is 4.79 Å². The third-order valence-electron chi connectivity index (χ3n) is 19.4. The van der Waals surface area contributed by atoms with Crippen LogP contribution in [0.4, 0.5) is 0 Å².